The molecule has 1 aromatic heterocycles. The fourth-order valence-corrected chi connectivity index (χ4v) is 12.3. The first kappa shape index (κ1) is 92.7. The second-order valence-corrected chi connectivity index (χ2v) is 28.6. The molecule has 0 saturated carbocycles. The number of rotatable bonds is 26. The van der Waals surface area contributed by atoms with Gasteiger partial charge < -0.3 is 116 Å². The Bertz CT molecular complexity index is 3710. The third kappa shape index (κ3) is 29.9. The summed E-state index contributed by atoms with van der Waals surface area (Å²) in [6, 6.07) is -4.44. The highest BCUT2D eigenvalue weighted by Gasteiger charge is 2.42. The zero-order valence-electron chi connectivity index (χ0n) is 63.9. The van der Waals surface area contributed by atoms with E-state index in [9.17, 15) is 92.3 Å². The minimum absolute atomic E-state index is 0.0136. The number of benzene rings is 2. The molecule has 4 rings (SSSR count). The van der Waals surface area contributed by atoms with Gasteiger partial charge in [0.15, 0.2) is 6.10 Å². The van der Waals surface area contributed by atoms with Crippen molar-refractivity contribution in [3.63, 3.8) is 0 Å². The van der Waals surface area contributed by atoms with Crippen molar-refractivity contribution in [3.8, 4) is 0 Å². The number of hydrogen-bond donors (Lipinski definition) is 19. The summed E-state index contributed by atoms with van der Waals surface area (Å²) >= 11 is 0. The van der Waals surface area contributed by atoms with Crippen LogP contribution in [-0.4, -0.2) is 255 Å². The summed E-state index contributed by atoms with van der Waals surface area (Å²) in [7, 11) is 2.44. The maximum Gasteiger partial charge on any atom is 0.329 e. The standard InChI is InChI=1S/C73H111N17O21/c1-38(2)17-14-20-43-32-56(94)80-53(37-92)69(106)88-59(61(98)62(77)99)71(108)87-52(36-91)63(100)79-35-57(95)89(7)54(30-41-18-10-9-11-19-41)70(107)86-49(29-39(3)4)66(103)81-46(23-15-27-74)64(101)82-47(25-26-58(96)97)65(102)85-51(33-55(76)93)68(105)84-50(31-42-34-78-45-22-13-12-21-44(42)45)67(104)83-48(24-16-28-75)72(109)90(8)60(40(5)6)73(110)111-43/h9-13,18-19,21-22,34,38-40,43,46-54,59-61,78,91-92,98H,14-17,20,23-33,35-37,74-75H2,1-8H3,(H2,76,93)(H2,77,99)(H,79,100)(H,80,94)(H,81,103)(H,82,101)(H,83,104)(H,84,105)(H,85,102)(H,86,107)(H,87,108)(H,88,106)(H,96,97)/t43?,46-,47+,48-,49+,50-,51-,52+,53+,54-,59-,60+,61-/m1/s1. The van der Waals surface area contributed by atoms with Gasteiger partial charge in [0.05, 0.1) is 32.6 Å². The topological polar surface area (TPSA) is 610 Å². The zero-order valence-corrected chi connectivity index (χ0v) is 63.9. The molecule has 0 radical (unpaired) electrons. The maximum atomic E-state index is 15.1. The van der Waals surface area contributed by atoms with E-state index in [0.29, 0.717) is 34.9 Å². The normalized spacial score (nSPS) is 24.2. The molecule has 14 amide bonds. The van der Waals surface area contributed by atoms with E-state index in [1.54, 1.807) is 88.5 Å². The van der Waals surface area contributed by atoms with Crippen molar-refractivity contribution in [1.82, 2.24) is 68.0 Å². The van der Waals surface area contributed by atoms with E-state index >= 15 is 4.79 Å². The van der Waals surface area contributed by atoms with Gasteiger partial charge in [-0.25, -0.2) is 4.79 Å². The van der Waals surface area contributed by atoms with Gasteiger partial charge in [0.25, 0.3) is 0 Å². The van der Waals surface area contributed by atoms with Crippen LogP contribution in [0.3, 0.4) is 0 Å². The second-order valence-electron chi connectivity index (χ2n) is 28.6. The molecule has 1 unspecified atom stereocenters. The molecule has 0 aliphatic carbocycles. The molecule has 0 spiro atoms. The first-order chi connectivity index (χ1) is 52.4. The number of carbonyl (C=O) groups is 16. The van der Waals surface area contributed by atoms with Crippen LogP contribution in [-0.2, 0) is 94.3 Å². The van der Waals surface area contributed by atoms with Gasteiger partial charge in [0.2, 0.25) is 82.7 Å². The number of amides is 14. The number of esters is 1. The van der Waals surface area contributed by atoms with Gasteiger partial charge in [-0.2, -0.15) is 0 Å². The molecule has 38 heteroatoms. The Hall–Kier alpha value is -10.7. The number of nitrogens with two attached hydrogens (primary N) is 4. The quantitative estimate of drug-likeness (QED) is 0.0335. The minimum Gasteiger partial charge on any atom is -0.481 e. The molecule has 38 nitrogen and oxygen atoms in total. The number of carbonyl (C=O) groups excluding carboxylic acids is 15. The lowest BCUT2D eigenvalue weighted by atomic mass is 9.99. The molecule has 3 aromatic rings. The van der Waals surface area contributed by atoms with E-state index in [2.05, 4.69) is 47.5 Å². The molecule has 2 heterocycles. The smallest absolute Gasteiger partial charge is 0.329 e. The molecular formula is C73H111N17O21. The second kappa shape index (κ2) is 46.1. The lowest BCUT2D eigenvalue weighted by Crippen LogP contribution is -2.63. The molecule has 1 saturated heterocycles. The zero-order chi connectivity index (χ0) is 82.9. The number of H-pyrrole nitrogens is 1. The van der Waals surface area contributed by atoms with E-state index in [1.807, 2.05) is 24.5 Å². The average Bonchev–Trinajstić information content (AvgIpc) is 1.77. The summed E-state index contributed by atoms with van der Waals surface area (Å²) in [5.41, 5.74) is 24.4. The molecule has 1 aliphatic heterocycles. The summed E-state index contributed by atoms with van der Waals surface area (Å²) in [5.74, 6) is -19.9. The number of nitrogens with zero attached hydrogens (tertiary/aromatic N) is 2. The predicted molar refractivity (Wildman–Crippen MR) is 400 cm³/mol. The number of primary amides is 2. The van der Waals surface area contributed by atoms with Crippen molar-refractivity contribution >= 4 is 106 Å². The Morgan fingerprint density at radius 2 is 1.08 bits per heavy atom. The Labute approximate surface area is 642 Å². The molecule has 1 aliphatic rings. The molecule has 0 bridgehead atoms. The molecule has 13 atom stereocenters. The number of hydrogen-bond acceptors (Lipinski definition) is 22. The van der Waals surface area contributed by atoms with Crippen LogP contribution in [0.2, 0.25) is 0 Å². The SMILES string of the molecule is CC(C)CCCC1CC(=O)N[C@@H](CO)C(=O)N[C@H]([C@@H](O)C(N)=O)C(=O)N[C@@H](CO)C(=O)NCC(=O)N(C)[C@H](Cc2ccccc2)C(=O)N[C@@H](CC(C)C)C(=O)N[C@H](CCCN)C(=O)N[C@@H](CCC(=O)O)C(=O)N[C@H](CC(N)=O)C(=O)N[C@H](Cc2c[nH]c3ccccc23)C(=O)N[C@H](CCCN)C(=O)N(C)[C@@H](C(C)C)C(=O)O1. The fraction of sp³-hybridized carbons (Fsp3) is 0.589. The predicted octanol–water partition coefficient (Wildman–Crippen LogP) is -5.02. The largest absolute Gasteiger partial charge is 0.481 e. The number of aliphatic hydroxyl groups is 3. The number of carboxylic acids is 1. The average molecular weight is 1560 g/mol. The van der Waals surface area contributed by atoms with Crippen molar-refractivity contribution in [2.45, 2.75) is 210 Å². The van der Waals surface area contributed by atoms with Crippen molar-refractivity contribution in [2.75, 3.05) is 46.9 Å². The van der Waals surface area contributed by atoms with Crippen LogP contribution in [0.1, 0.15) is 130 Å². The fourth-order valence-electron chi connectivity index (χ4n) is 12.3. The number of nitrogens with one attached hydrogen (secondary N) is 11. The minimum atomic E-state index is -2.59. The van der Waals surface area contributed by atoms with Crippen molar-refractivity contribution in [1.29, 1.82) is 0 Å². The number of likely N-dealkylation sites (N-methyl/N-ethyl adjacent to an activating group) is 2. The highest BCUT2D eigenvalue weighted by atomic mass is 16.5. The number of fused-ring (bicyclic) bond motifs is 1. The summed E-state index contributed by atoms with van der Waals surface area (Å²) < 4.78 is 6.01. The van der Waals surface area contributed by atoms with Crippen LogP contribution in [0.5, 0.6) is 0 Å². The Morgan fingerprint density at radius 3 is 1.66 bits per heavy atom. The number of aliphatic hydroxyl groups excluding tert-OH is 3. The van der Waals surface area contributed by atoms with Crippen LogP contribution in [0.25, 0.3) is 10.9 Å². The highest BCUT2D eigenvalue weighted by molar-refractivity contribution is 6.01. The van der Waals surface area contributed by atoms with Gasteiger partial charge in [-0.05, 0) is 99.4 Å². The van der Waals surface area contributed by atoms with Crippen molar-refractivity contribution in [3.05, 3.63) is 71.9 Å². The number of carboxylic acid groups (broad SMARTS) is 1. The van der Waals surface area contributed by atoms with E-state index in [1.165, 1.54) is 14.1 Å². The van der Waals surface area contributed by atoms with Crippen LogP contribution in [0, 0.1) is 17.8 Å². The van der Waals surface area contributed by atoms with Crippen LogP contribution >= 0.6 is 0 Å². The van der Waals surface area contributed by atoms with Gasteiger partial charge in [-0.15, -0.1) is 0 Å². The van der Waals surface area contributed by atoms with Crippen molar-refractivity contribution < 1.29 is 102 Å². The van der Waals surface area contributed by atoms with Gasteiger partial charge in [0, 0.05) is 50.5 Å². The first-order valence-corrected chi connectivity index (χ1v) is 36.9. The number of ether oxygens (including phenoxy) is 1. The van der Waals surface area contributed by atoms with Crippen molar-refractivity contribution in [2.24, 2.45) is 40.7 Å². The third-order valence-corrected chi connectivity index (χ3v) is 18.4. The third-order valence-electron chi connectivity index (χ3n) is 18.4. The van der Waals surface area contributed by atoms with Gasteiger partial charge in [0.1, 0.15) is 72.6 Å². The molecule has 23 N–H and O–H groups in total. The number of para-hydroxylation sites is 1. The summed E-state index contributed by atoms with van der Waals surface area (Å²) in [4.78, 5) is 230. The number of aromatic amines is 1. The number of aliphatic carboxylic acids is 1. The lowest BCUT2D eigenvalue weighted by Gasteiger charge is -2.34. The Balaban J connectivity index is 1.92. The lowest BCUT2D eigenvalue weighted by molar-refractivity contribution is -0.162. The molecule has 2 aromatic carbocycles. The maximum absolute atomic E-state index is 15.1. The van der Waals surface area contributed by atoms with Crippen LogP contribution < -0.4 is 76.1 Å². The highest BCUT2D eigenvalue weighted by Crippen LogP contribution is 2.23. The van der Waals surface area contributed by atoms with E-state index in [0.717, 1.165) is 9.80 Å². The van der Waals surface area contributed by atoms with Gasteiger partial charge in [-0.1, -0.05) is 96.5 Å². The Kier molecular flexibility index (Phi) is 38.5. The molecule has 1 fully saturated rings. The van der Waals surface area contributed by atoms with Crippen LogP contribution in [0.15, 0.2) is 60.8 Å². The molecule has 614 valence electrons. The summed E-state index contributed by atoms with van der Waals surface area (Å²) in [6.07, 6.45) is -5.48. The first-order valence-electron chi connectivity index (χ1n) is 36.9. The number of cyclic esters (lactones) is 1. The van der Waals surface area contributed by atoms with E-state index in [4.69, 9.17) is 27.7 Å². The van der Waals surface area contributed by atoms with Crippen LogP contribution in [0.4, 0.5) is 0 Å². The number of aromatic nitrogens is 1. The van der Waals surface area contributed by atoms with E-state index in [-0.39, 0.29) is 76.3 Å². The summed E-state index contributed by atoms with van der Waals surface area (Å²) in [6.45, 7) is 6.91. The molecular weight excluding hydrogens is 1450 g/mol. The summed E-state index contributed by atoms with van der Waals surface area (Å²) in [5, 5.41) is 66.0. The van der Waals surface area contributed by atoms with E-state index < -0.39 is 225 Å². The van der Waals surface area contributed by atoms with Gasteiger partial charge in [-0.3, -0.25) is 71.9 Å². The molecule has 111 heavy (non-hydrogen) atoms. The Morgan fingerprint density at radius 1 is 0.559 bits per heavy atom. The monoisotopic (exact) mass is 1560 g/mol. The van der Waals surface area contributed by atoms with Gasteiger partial charge >= 0.3 is 11.9 Å².